The summed E-state index contributed by atoms with van der Waals surface area (Å²) >= 11 is 0. The number of ether oxygens (including phenoxy) is 4. The van der Waals surface area contributed by atoms with E-state index in [-0.39, 0.29) is 63.7 Å². The number of hydrogen-bond acceptors (Lipinski definition) is 12. The molecule has 1 aromatic rings. The first-order valence-corrected chi connectivity index (χ1v) is 14.1. The van der Waals surface area contributed by atoms with E-state index in [1.165, 1.54) is 0 Å². The number of esters is 4. The number of pyridine rings is 1. The van der Waals surface area contributed by atoms with Gasteiger partial charge in [-0.05, 0) is 46.2 Å². The highest BCUT2D eigenvalue weighted by Crippen LogP contribution is 2.16. The topological polar surface area (TPSA) is 128 Å². The van der Waals surface area contributed by atoms with E-state index in [1.807, 2.05) is 32.9 Å². The molecule has 2 bridgehead atoms. The molecule has 1 unspecified atom stereocenters. The molecule has 12 heteroatoms. The van der Waals surface area contributed by atoms with Crippen LogP contribution in [0.3, 0.4) is 0 Å². The Morgan fingerprint density at radius 2 is 1.25 bits per heavy atom. The smallest absolute Gasteiger partial charge is 0.323 e. The maximum atomic E-state index is 13.1. The summed E-state index contributed by atoms with van der Waals surface area (Å²) in [5, 5.41) is 0. The van der Waals surface area contributed by atoms with Crippen molar-refractivity contribution in [3.05, 3.63) is 29.6 Å². The zero-order valence-electron chi connectivity index (χ0n) is 24.3. The summed E-state index contributed by atoms with van der Waals surface area (Å²) in [6.45, 7) is 10.7. The second kappa shape index (κ2) is 18.3. The summed E-state index contributed by atoms with van der Waals surface area (Å²) in [5.41, 5.74) is 1.50. The first-order chi connectivity index (χ1) is 19.3. The van der Waals surface area contributed by atoms with E-state index < -0.39 is 12.0 Å². The van der Waals surface area contributed by atoms with Crippen molar-refractivity contribution in [3.63, 3.8) is 0 Å². The maximum Gasteiger partial charge on any atom is 0.323 e. The Kier molecular flexibility index (Phi) is 15.1. The lowest BCUT2D eigenvalue weighted by Crippen LogP contribution is -2.48. The van der Waals surface area contributed by atoms with Gasteiger partial charge in [-0.3, -0.25) is 38.9 Å². The molecule has 40 heavy (non-hydrogen) atoms. The number of hydrogen-bond donors (Lipinski definition) is 0. The van der Waals surface area contributed by atoms with Crippen LogP contribution in [0, 0.1) is 0 Å². The summed E-state index contributed by atoms with van der Waals surface area (Å²) in [5.74, 6) is -1.48. The largest absolute Gasteiger partial charge is 0.466 e. The van der Waals surface area contributed by atoms with E-state index in [4.69, 9.17) is 23.9 Å². The molecule has 0 saturated carbocycles. The zero-order valence-corrected chi connectivity index (χ0v) is 24.3. The quantitative estimate of drug-likeness (QED) is 0.254. The number of rotatable bonds is 13. The SMILES string of the molecule is CCOC(=O)CCC(C(=O)OCC)N1CCN(CC(=O)OCC)CCN(CC(=O)OCC)Cc2cccc(n2)C1. The minimum absolute atomic E-state index is 0.0609. The highest BCUT2D eigenvalue weighted by atomic mass is 16.5. The lowest BCUT2D eigenvalue weighted by atomic mass is 10.1. The van der Waals surface area contributed by atoms with Crippen LogP contribution in [0.15, 0.2) is 18.2 Å². The van der Waals surface area contributed by atoms with Crippen molar-refractivity contribution >= 4 is 23.9 Å². The normalized spacial score (nSPS) is 16.2. The van der Waals surface area contributed by atoms with Crippen LogP contribution in [0.4, 0.5) is 0 Å². The Morgan fingerprint density at radius 3 is 1.88 bits per heavy atom. The predicted octanol–water partition coefficient (Wildman–Crippen LogP) is 1.40. The summed E-state index contributed by atoms with van der Waals surface area (Å²) in [6, 6.07) is 4.96. The van der Waals surface area contributed by atoms with E-state index in [1.54, 1.807) is 27.7 Å². The van der Waals surface area contributed by atoms with Crippen molar-refractivity contribution < 1.29 is 38.1 Å². The van der Waals surface area contributed by atoms with Crippen LogP contribution in [0.25, 0.3) is 0 Å². The molecule has 1 atom stereocenters. The van der Waals surface area contributed by atoms with Crippen molar-refractivity contribution in [1.29, 1.82) is 0 Å². The summed E-state index contributed by atoms with van der Waals surface area (Å²) in [7, 11) is 0. The van der Waals surface area contributed by atoms with E-state index in [0.29, 0.717) is 45.9 Å². The van der Waals surface area contributed by atoms with E-state index >= 15 is 0 Å². The van der Waals surface area contributed by atoms with Crippen LogP contribution < -0.4 is 0 Å². The van der Waals surface area contributed by atoms with Crippen LogP contribution in [0.5, 0.6) is 0 Å². The van der Waals surface area contributed by atoms with Gasteiger partial charge in [-0.1, -0.05) is 6.07 Å². The molecular formula is C28H44N4O8. The van der Waals surface area contributed by atoms with Crippen molar-refractivity contribution in [3.8, 4) is 0 Å². The summed E-state index contributed by atoms with van der Waals surface area (Å²) in [6.07, 6.45) is 0.291. The average molecular weight is 565 g/mol. The molecule has 0 aliphatic carbocycles. The van der Waals surface area contributed by atoms with Gasteiger partial charge in [0.05, 0.1) is 50.9 Å². The number of carbonyl (C=O) groups excluding carboxylic acids is 4. The van der Waals surface area contributed by atoms with Crippen molar-refractivity contribution in [1.82, 2.24) is 19.7 Å². The molecule has 0 radical (unpaired) electrons. The molecule has 0 saturated heterocycles. The van der Waals surface area contributed by atoms with Crippen molar-refractivity contribution in [2.24, 2.45) is 0 Å². The number of nitrogens with zero attached hydrogens (tertiary/aromatic N) is 4. The lowest BCUT2D eigenvalue weighted by molar-refractivity contribution is -0.152. The Bertz CT molecular complexity index is 960. The Balaban J connectivity index is 2.38. The minimum atomic E-state index is -0.706. The van der Waals surface area contributed by atoms with Gasteiger partial charge >= 0.3 is 23.9 Å². The highest BCUT2D eigenvalue weighted by Gasteiger charge is 2.30. The van der Waals surface area contributed by atoms with Crippen LogP contribution >= 0.6 is 0 Å². The molecule has 1 aromatic heterocycles. The maximum absolute atomic E-state index is 13.1. The fourth-order valence-electron chi connectivity index (χ4n) is 4.48. The Morgan fingerprint density at radius 1 is 0.725 bits per heavy atom. The molecule has 12 nitrogen and oxygen atoms in total. The van der Waals surface area contributed by atoms with E-state index in [0.717, 1.165) is 11.4 Å². The molecule has 0 aromatic carbocycles. The van der Waals surface area contributed by atoms with Gasteiger partial charge in [0.2, 0.25) is 0 Å². The first kappa shape index (κ1) is 33.1. The minimum Gasteiger partial charge on any atom is -0.466 e. The molecule has 0 fully saturated rings. The van der Waals surface area contributed by atoms with Gasteiger partial charge in [0, 0.05) is 45.7 Å². The molecular weight excluding hydrogens is 520 g/mol. The molecule has 0 N–H and O–H groups in total. The van der Waals surface area contributed by atoms with Gasteiger partial charge in [0.25, 0.3) is 0 Å². The fraction of sp³-hybridized carbons (Fsp3) is 0.679. The van der Waals surface area contributed by atoms with Crippen molar-refractivity contribution in [2.45, 2.75) is 59.7 Å². The van der Waals surface area contributed by atoms with Crippen molar-refractivity contribution in [2.75, 3.05) is 65.7 Å². The highest BCUT2D eigenvalue weighted by molar-refractivity contribution is 5.77. The molecule has 224 valence electrons. The third kappa shape index (κ3) is 12.0. The second-order valence-corrected chi connectivity index (χ2v) is 9.30. The number of fused-ring (bicyclic) bond motifs is 2. The van der Waals surface area contributed by atoms with E-state index in [9.17, 15) is 19.2 Å². The Labute approximate surface area is 236 Å². The Hall–Kier alpha value is -3.09. The standard InChI is InChI=1S/C28H44N4O8/c1-5-37-25(33)13-12-24(28(36)40-8-4)32-17-16-30(20-26(34)38-6-2)14-15-31(21-27(35)39-7-3)18-22-10-9-11-23(19-32)29-22/h9-11,24H,5-8,12-21H2,1-4H3. The van der Waals surface area contributed by atoms with Gasteiger partial charge in [-0.15, -0.1) is 0 Å². The van der Waals surface area contributed by atoms with Gasteiger partial charge in [0.15, 0.2) is 0 Å². The van der Waals surface area contributed by atoms with E-state index in [2.05, 4.69) is 0 Å². The van der Waals surface area contributed by atoms with Crippen LogP contribution in [0.1, 0.15) is 51.9 Å². The van der Waals surface area contributed by atoms with Gasteiger partial charge in [-0.25, -0.2) is 0 Å². The third-order valence-corrected chi connectivity index (χ3v) is 6.29. The van der Waals surface area contributed by atoms with Gasteiger partial charge < -0.3 is 18.9 Å². The second-order valence-electron chi connectivity index (χ2n) is 9.30. The zero-order chi connectivity index (χ0) is 29.3. The van der Waals surface area contributed by atoms with Crippen LogP contribution in [-0.2, 0) is 51.2 Å². The third-order valence-electron chi connectivity index (χ3n) is 6.29. The molecule has 1 aliphatic rings. The molecule has 0 amide bonds. The number of carbonyl (C=O) groups is 4. The predicted molar refractivity (Wildman–Crippen MR) is 146 cm³/mol. The molecule has 2 heterocycles. The average Bonchev–Trinajstić information content (AvgIpc) is 2.90. The number of aromatic nitrogens is 1. The molecule has 0 spiro atoms. The first-order valence-electron chi connectivity index (χ1n) is 14.1. The van der Waals surface area contributed by atoms with Crippen LogP contribution in [-0.4, -0.2) is 115 Å². The van der Waals surface area contributed by atoms with Crippen LogP contribution in [0.2, 0.25) is 0 Å². The molecule has 2 rings (SSSR count). The van der Waals surface area contributed by atoms with Gasteiger partial charge in [0.1, 0.15) is 6.04 Å². The summed E-state index contributed by atoms with van der Waals surface area (Å²) < 4.78 is 20.8. The van der Waals surface area contributed by atoms with Gasteiger partial charge in [-0.2, -0.15) is 0 Å². The fourth-order valence-corrected chi connectivity index (χ4v) is 4.48. The summed E-state index contributed by atoms with van der Waals surface area (Å²) in [4.78, 5) is 60.5. The lowest BCUT2D eigenvalue weighted by Gasteiger charge is -2.33. The monoisotopic (exact) mass is 564 g/mol. The molecule has 1 aliphatic heterocycles.